The number of halogens is 1. The molecule has 1 aliphatic rings. The lowest BCUT2D eigenvalue weighted by atomic mass is 10.3. The van der Waals surface area contributed by atoms with Crippen molar-refractivity contribution in [1.82, 2.24) is 20.6 Å². The van der Waals surface area contributed by atoms with Crippen LogP contribution in [0.1, 0.15) is 36.0 Å². The number of aryl methyl sites for hydroxylation is 1. The Morgan fingerprint density at radius 1 is 1.37 bits per heavy atom. The van der Waals surface area contributed by atoms with Crippen molar-refractivity contribution in [3.8, 4) is 5.88 Å². The van der Waals surface area contributed by atoms with Crippen LogP contribution in [0.2, 0.25) is 0 Å². The number of ether oxygens (including phenoxy) is 1. The van der Waals surface area contributed by atoms with E-state index in [2.05, 4.69) is 37.9 Å². The van der Waals surface area contributed by atoms with Gasteiger partial charge in [-0.1, -0.05) is 0 Å². The number of nitrogens with one attached hydrogen (secondary N) is 2. The molecule has 0 bridgehead atoms. The first-order valence-corrected chi connectivity index (χ1v) is 10.1. The van der Waals surface area contributed by atoms with Crippen LogP contribution < -0.4 is 15.4 Å². The van der Waals surface area contributed by atoms with Crippen LogP contribution in [0.3, 0.4) is 0 Å². The number of aliphatic imine (C=N–C) groups is 1. The highest BCUT2D eigenvalue weighted by Gasteiger charge is 2.22. The average molecular weight is 501 g/mol. The van der Waals surface area contributed by atoms with Crippen molar-refractivity contribution in [3.63, 3.8) is 0 Å². The maximum absolute atomic E-state index is 5.74. The molecule has 0 amide bonds. The van der Waals surface area contributed by atoms with E-state index in [1.165, 1.54) is 12.8 Å². The second kappa shape index (κ2) is 11.4. The molecule has 148 valence electrons. The number of aromatic nitrogens is 2. The van der Waals surface area contributed by atoms with Crippen LogP contribution in [-0.2, 0) is 13.0 Å². The summed E-state index contributed by atoms with van der Waals surface area (Å²) in [6.07, 6.45) is 5.24. The maximum Gasteiger partial charge on any atom is 0.213 e. The molecular formula is C19H28IN5OS. The Morgan fingerprint density at radius 3 is 2.93 bits per heavy atom. The molecule has 2 N–H and O–H groups in total. The number of guanidine groups is 1. The molecule has 0 aliphatic heterocycles. The number of rotatable bonds is 9. The van der Waals surface area contributed by atoms with Gasteiger partial charge in [-0.05, 0) is 44.2 Å². The summed E-state index contributed by atoms with van der Waals surface area (Å²) in [7, 11) is 0. The zero-order valence-electron chi connectivity index (χ0n) is 15.9. The molecule has 0 aromatic carbocycles. The molecule has 0 saturated heterocycles. The topological polar surface area (TPSA) is 71.4 Å². The van der Waals surface area contributed by atoms with E-state index in [0.717, 1.165) is 54.3 Å². The highest BCUT2D eigenvalue weighted by Crippen LogP contribution is 2.29. The molecule has 2 heterocycles. The molecule has 1 saturated carbocycles. The standard InChI is InChI=1S/C19H27N5OS.HI/c1-3-20-19(22-9-7-17-13-26-14(2)24-17)23-11-16-6-8-21-18(10-16)25-12-15-4-5-15;/h6,8,10,13,15H,3-5,7,9,11-12H2,1-2H3,(H2,20,22,23);1H. The first-order chi connectivity index (χ1) is 12.7. The minimum atomic E-state index is 0. The zero-order valence-corrected chi connectivity index (χ0v) is 19.0. The van der Waals surface area contributed by atoms with Gasteiger partial charge in [-0.25, -0.2) is 15.0 Å². The maximum atomic E-state index is 5.74. The van der Waals surface area contributed by atoms with Gasteiger partial charge in [0.1, 0.15) is 0 Å². The summed E-state index contributed by atoms with van der Waals surface area (Å²) in [4.78, 5) is 13.4. The smallest absolute Gasteiger partial charge is 0.213 e. The Kier molecular flexibility index (Phi) is 9.26. The van der Waals surface area contributed by atoms with Gasteiger partial charge in [-0.2, -0.15) is 0 Å². The lowest BCUT2D eigenvalue weighted by molar-refractivity contribution is 0.288. The van der Waals surface area contributed by atoms with E-state index in [1.807, 2.05) is 19.1 Å². The van der Waals surface area contributed by atoms with E-state index in [9.17, 15) is 0 Å². The molecular weight excluding hydrogens is 473 g/mol. The Hall–Kier alpha value is -1.42. The van der Waals surface area contributed by atoms with Gasteiger partial charge >= 0.3 is 0 Å². The van der Waals surface area contributed by atoms with Crippen molar-refractivity contribution in [2.45, 2.75) is 39.7 Å². The second-order valence-corrected chi connectivity index (χ2v) is 7.55. The quantitative estimate of drug-likeness (QED) is 0.313. The molecule has 0 radical (unpaired) electrons. The predicted molar refractivity (Wildman–Crippen MR) is 121 cm³/mol. The van der Waals surface area contributed by atoms with Crippen molar-refractivity contribution < 1.29 is 4.74 Å². The Morgan fingerprint density at radius 2 is 2.22 bits per heavy atom. The molecule has 0 atom stereocenters. The van der Waals surface area contributed by atoms with Gasteiger partial charge in [0.05, 0.1) is 23.9 Å². The normalized spacial score (nSPS) is 13.8. The molecule has 0 unspecified atom stereocenters. The number of pyridine rings is 1. The van der Waals surface area contributed by atoms with Gasteiger partial charge in [-0.15, -0.1) is 35.3 Å². The molecule has 1 aliphatic carbocycles. The van der Waals surface area contributed by atoms with Gasteiger partial charge in [0.15, 0.2) is 5.96 Å². The molecule has 6 nitrogen and oxygen atoms in total. The van der Waals surface area contributed by atoms with Crippen molar-refractivity contribution in [3.05, 3.63) is 40.0 Å². The lowest BCUT2D eigenvalue weighted by Gasteiger charge is -2.11. The van der Waals surface area contributed by atoms with Crippen molar-refractivity contribution in [1.29, 1.82) is 0 Å². The largest absolute Gasteiger partial charge is 0.477 e. The molecule has 27 heavy (non-hydrogen) atoms. The number of thiazole rings is 1. The van der Waals surface area contributed by atoms with E-state index in [4.69, 9.17) is 4.74 Å². The van der Waals surface area contributed by atoms with Gasteiger partial charge in [0, 0.05) is 37.2 Å². The molecule has 2 aromatic rings. The summed E-state index contributed by atoms with van der Waals surface area (Å²) < 4.78 is 5.74. The summed E-state index contributed by atoms with van der Waals surface area (Å²) in [5, 5.41) is 9.87. The molecule has 1 fully saturated rings. The number of hydrogen-bond acceptors (Lipinski definition) is 5. The van der Waals surface area contributed by atoms with E-state index in [1.54, 1.807) is 17.5 Å². The number of hydrogen-bond donors (Lipinski definition) is 2. The number of nitrogens with zero attached hydrogens (tertiary/aromatic N) is 3. The van der Waals surface area contributed by atoms with E-state index in [-0.39, 0.29) is 24.0 Å². The molecule has 2 aromatic heterocycles. The fraction of sp³-hybridized carbons (Fsp3) is 0.526. The second-order valence-electron chi connectivity index (χ2n) is 6.49. The molecule has 3 rings (SSSR count). The van der Waals surface area contributed by atoms with Crippen LogP contribution in [0.4, 0.5) is 0 Å². The first kappa shape index (κ1) is 21.9. The first-order valence-electron chi connectivity index (χ1n) is 9.24. The van der Waals surface area contributed by atoms with Crippen molar-refractivity contribution in [2.24, 2.45) is 10.9 Å². The van der Waals surface area contributed by atoms with Crippen LogP contribution >= 0.6 is 35.3 Å². The fourth-order valence-electron chi connectivity index (χ4n) is 2.46. The minimum Gasteiger partial charge on any atom is -0.477 e. The van der Waals surface area contributed by atoms with E-state index < -0.39 is 0 Å². The summed E-state index contributed by atoms with van der Waals surface area (Å²) in [5.74, 6) is 2.24. The van der Waals surface area contributed by atoms with Crippen LogP contribution in [0.5, 0.6) is 5.88 Å². The summed E-state index contributed by atoms with van der Waals surface area (Å²) in [5.41, 5.74) is 2.22. The third-order valence-corrected chi connectivity index (χ3v) is 4.89. The summed E-state index contributed by atoms with van der Waals surface area (Å²) >= 11 is 1.69. The Balaban J connectivity index is 0.00000261. The van der Waals surface area contributed by atoms with Crippen LogP contribution in [-0.4, -0.2) is 35.6 Å². The monoisotopic (exact) mass is 501 g/mol. The van der Waals surface area contributed by atoms with Crippen molar-refractivity contribution >= 4 is 41.3 Å². The fourth-order valence-corrected chi connectivity index (χ4v) is 3.11. The summed E-state index contributed by atoms with van der Waals surface area (Å²) in [6.45, 7) is 7.10. The van der Waals surface area contributed by atoms with Gasteiger partial charge in [0.25, 0.3) is 0 Å². The van der Waals surface area contributed by atoms with E-state index in [0.29, 0.717) is 12.4 Å². The molecule has 8 heteroatoms. The molecule has 0 spiro atoms. The average Bonchev–Trinajstić information content (AvgIpc) is 3.39. The predicted octanol–water partition coefficient (Wildman–Crippen LogP) is 3.55. The van der Waals surface area contributed by atoms with Crippen LogP contribution in [0.15, 0.2) is 28.7 Å². The Bertz CT molecular complexity index is 732. The Labute approximate surface area is 182 Å². The third kappa shape index (κ3) is 8.00. The lowest BCUT2D eigenvalue weighted by Crippen LogP contribution is -2.38. The highest BCUT2D eigenvalue weighted by atomic mass is 127. The van der Waals surface area contributed by atoms with E-state index >= 15 is 0 Å². The third-order valence-electron chi connectivity index (χ3n) is 4.07. The summed E-state index contributed by atoms with van der Waals surface area (Å²) in [6, 6.07) is 3.96. The van der Waals surface area contributed by atoms with Crippen LogP contribution in [0, 0.1) is 12.8 Å². The van der Waals surface area contributed by atoms with Crippen molar-refractivity contribution in [2.75, 3.05) is 19.7 Å². The SMILES string of the molecule is CCNC(=NCc1ccnc(OCC2CC2)c1)NCCc1csc(C)n1.I. The van der Waals surface area contributed by atoms with Gasteiger partial charge in [-0.3, -0.25) is 0 Å². The highest BCUT2D eigenvalue weighted by molar-refractivity contribution is 14.0. The van der Waals surface area contributed by atoms with Gasteiger partial charge < -0.3 is 15.4 Å². The minimum absolute atomic E-state index is 0. The zero-order chi connectivity index (χ0) is 18.2. The van der Waals surface area contributed by atoms with Gasteiger partial charge in [0.2, 0.25) is 5.88 Å². The van der Waals surface area contributed by atoms with Crippen LogP contribution in [0.25, 0.3) is 0 Å².